The summed E-state index contributed by atoms with van der Waals surface area (Å²) in [5.41, 5.74) is 0.940. The Morgan fingerprint density at radius 2 is 1.81 bits per heavy atom. The van der Waals surface area contributed by atoms with Gasteiger partial charge < -0.3 is 10.1 Å². The van der Waals surface area contributed by atoms with Crippen molar-refractivity contribution in [2.24, 2.45) is 0 Å². The highest BCUT2D eigenvalue weighted by Gasteiger charge is 2.47. The van der Waals surface area contributed by atoms with E-state index in [9.17, 15) is 4.79 Å². The molecule has 1 aliphatic carbocycles. The first-order chi connectivity index (χ1) is 13.0. The number of benzene rings is 1. The number of hydrogen-bond acceptors (Lipinski definition) is 5. The molecule has 0 saturated heterocycles. The van der Waals surface area contributed by atoms with Crippen molar-refractivity contribution in [2.75, 3.05) is 17.3 Å². The standard InChI is InChI=1S/C21H26N4O2/c1-21(2)17-18(22-3)23-13-24-19(17)25(20(21)26)14-9-11-16(12-10-14)27-15-7-5-4-6-8-15/h9-13,15H,4-8H2,1-3H3,(H,22,23,24). The molecule has 6 heteroatoms. The second-order valence-corrected chi connectivity index (χ2v) is 7.81. The van der Waals surface area contributed by atoms with E-state index in [1.165, 1.54) is 25.6 Å². The van der Waals surface area contributed by atoms with E-state index in [1.807, 2.05) is 45.2 Å². The van der Waals surface area contributed by atoms with E-state index in [-0.39, 0.29) is 5.91 Å². The molecule has 2 heterocycles. The fourth-order valence-electron chi connectivity index (χ4n) is 4.08. The number of nitrogens with one attached hydrogen (secondary N) is 1. The van der Waals surface area contributed by atoms with Crippen LogP contribution in [-0.2, 0) is 10.2 Å². The molecule has 0 bridgehead atoms. The quantitative estimate of drug-likeness (QED) is 0.879. The summed E-state index contributed by atoms with van der Waals surface area (Å²) in [7, 11) is 1.81. The summed E-state index contributed by atoms with van der Waals surface area (Å²) in [5.74, 6) is 2.19. The third-order valence-electron chi connectivity index (χ3n) is 5.59. The first kappa shape index (κ1) is 17.8. The Balaban J connectivity index is 1.63. The van der Waals surface area contributed by atoms with Crippen molar-refractivity contribution in [3.8, 4) is 5.75 Å². The Labute approximate surface area is 160 Å². The highest BCUT2D eigenvalue weighted by atomic mass is 16.5. The Kier molecular flexibility index (Phi) is 4.50. The SMILES string of the molecule is CNc1ncnc2c1C(C)(C)C(=O)N2c1ccc(OC2CCCCC2)cc1. The minimum absolute atomic E-state index is 0.00421. The maximum absolute atomic E-state index is 13.2. The lowest BCUT2D eigenvalue weighted by atomic mass is 9.87. The van der Waals surface area contributed by atoms with Crippen molar-refractivity contribution in [1.29, 1.82) is 0 Å². The van der Waals surface area contributed by atoms with Gasteiger partial charge in [0.2, 0.25) is 5.91 Å². The van der Waals surface area contributed by atoms with Crippen LogP contribution >= 0.6 is 0 Å². The lowest BCUT2D eigenvalue weighted by molar-refractivity contribution is -0.121. The molecule has 1 saturated carbocycles. The van der Waals surface area contributed by atoms with Crippen molar-refractivity contribution < 1.29 is 9.53 Å². The van der Waals surface area contributed by atoms with E-state index in [0.717, 1.165) is 29.8 Å². The van der Waals surface area contributed by atoms with Gasteiger partial charge in [-0.05, 0) is 63.8 Å². The number of amides is 1. The van der Waals surface area contributed by atoms with Crippen LogP contribution in [0.5, 0.6) is 5.75 Å². The van der Waals surface area contributed by atoms with Crippen LogP contribution in [-0.4, -0.2) is 29.0 Å². The predicted octanol–water partition coefficient (Wildman–Crippen LogP) is 4.19. The highest BCUT2D eigenvalue weighted by molar-refractivity contribution is 6.12. The summed E-state index contributed by atoms with van der Waals surface area (Å²) >= 11 is 0. The number of hydrogen-bond donors (Lipinski definition) is 1. The van der Waals surface area contributed by atoms with Gasteiger partial charge in [-0.25, -0.2) is 9.97 Å². The van der Waals surface area contributed by atoms with Crippen molar-refractivity contribution in [3.05, 3.63) is 36.2 Å². The predicted molar refractivity (Wildman–Crippen MR) is 106 cm³/mol. The number of ether oxygens (including phenoxy) is 1. The van der Waals surface area contributed by atoms with E-state index < -0.39 is 5.41 Å². The van der Waals surface area contributed by atoms with Gasteiger partial charge in [0.1, 0.15) is 23.7 Å². The van der Waals surface area contributed by atoms with E-state index in [2.05, 4.69) is 15.3 Å². The van der Waals surface area contributed by atoms with E-state index in [0.29, 0.717) is 17.7 Å². The summed E-state index contributed by atoms with van der Waals surface area (Å²) in [6.45, 7) is 3.83. The molecule has 2 aliphatic rings. The zero-order valence-electron chi connectivity index (χ0n) is 16.2. The van der Waals surface area contributed by atoms with Crippen molar-refractivity contribution in [3.63, 3.8) is 0 Å². The summed E-state index contributed by atoms with van der Waals surface area (Å²) < 4.78 is 6.11. The second-order valence-electron chi connectivity index (χ2n) is 7.81. The molecule has 0 radical (unpaired) electrons. The lowest BCUT2D eigenvalue weighted by Gasteiger charge is -2.24. The van der Waals surface area contributed by atoms with Gasteiger partial charge in [-0.3, -0.25) is 9.69 Å². The van der Waals surface area contributed by atoms with E-state index >= 15 is 0 Å². The largest absolute Gasteiger partial charge is 0.490 e. The summed E-state index contributed by atoms with van der Waals surface area (Å²) in [6.07, 6.45) is 7.84. The number of anilines is 3. The minimum atomic E-state index is -0.688. The van der Waals surface area contributed by atoms with Gasteiger partial charge in [0.25, 0.3) is 0 Å². The van der Waals surface area contributed by atoms with Crippen LogP contribution in [0.25, 0.3) is 0 Å². The number of aromatic nitrogens is 2. The van der Waals surface area contributed by atoms with Gasteiger partial charge in [-0.15, -0.1) is 0 Å². The van der Waals surface area contributed by atoms with Gasteiger partial charge in [-0.2, -0.15) is 0 Å². The molecule has 1 aromatic carbocycles. The molecule has 1 aliphatic heterocycles. The molecule has 1 aromatic heterocycles. The Bertz CT molecular complexity index is 842. The van der Waals surface area contributed by atoms with E-state index in [1.54, 1.807) is 4.90 Å². The van der Waals surface area contributed by atoms with Gasteiger partial charge >= 0.3 is 0 Å². The maximum atomic E-state index is 13.2. The minimum Gasteiger partial charge on any atom is -0.490 e. The first-order valence-electron chi connectivity index (χ1n) is 9.67. The van der Waals surface area contributed by atoms with E-state index in [4.69, 9.17) is 4.74 Å². The van der Waals surface area contributed by atoms with Crippen LogP contribution in [0.1, 0.15) is 51.5 Å². The van der Waals surface area contributed by atoms with Crippen LogP contribution in [0, 0.1) is 0 Å². The zero-order chi connectivity index (χ0) is 19.0. The Morgan fingerprint density at radius 1 is 1.11 bits per heavy atom. The zero-order valence-corrected chi connectivity index (χ0v) is 16.2. The van der Waals surface area contributed by atoms with Crippen LogP contribution in [0.15, 0.2) is 30.6 Å². The number of fused-ring (bicyclic) bond motifs is 1. The Hall–Kier alpha value is -2.63. The van der Waals surface area contributed by atoms with Crippen LogP contribution in [0.4, 0.5) is 17.3 Å². The van der Waals surface area contributed by atoms with Crippen molar-refractivity contribution in [2.45, 2.75) is 57.5 Å². The average molecular weight is 366 g/mol. The molecule has 1 amide bonds. The van der Waals surface area contributed by atoms with Crippen LogP contribution in [0.3, 0.4) is 0 Å². The molecule has 6 nitrogen and oxygen atoms in total. The topological polar surface area (TPSA) is 67.4 Å². The average Bonchev–Trinajstić information content (AvgIpc) is 2.90. The molecule has 1 fully saturated rings. The molecule has 0 atom stereocenters. The summed E-state index contributed by atoms with van der Waals surface area (Å²) in [5, 5.41) is 3.08. The molecule has 27 heavy (non-hydrogen) atoms. The molecule has 1 N–H and O–H groups in total. The second kappa shape index (κ2) is 6.83. The van der Waals surface area contributed by atoms with Gasteiger partial charge in [0.05, 0.1) is 22.8 Å². The normalized spacial score (nSPS) is 19.1. The molecule has 4 rings (SSSR count). The van der Waals surface area contributed by atoms with Crippen LogP contribution in [0.2, 0.25) is 0 Å². The molecule has 0 unspecified atom stereocenters. The van der Waals surface area contributed by atoms with Gasteiger partial charge in [-0.1, -0.05) is 6.42 Å². The number of carbonyl (C=O) groups excluding carboxylic acids is 1. The van der Waals surface area contributed by atoms with Crippen molar-refractivity contribution in [1.82, 2.24) is 9.97 Å². The monoisotopic (exact) mass is 366 g/mol. The van der Waals surface area contributed by atoms with Crippen LogP contribution < -0.4 is 15.0 Å². The molecule has 2 aromatic rings. The number of nitrogens with zero attached hydrogens (tertiary/aromatic N) is 3. The Morgan fingerprint density at radius 3 is 2.48 bits per heavy atom. The first-order valence-corrected chi connectivity index (χ1v) is 9.67. The molecule has 0 spiro atoms. The summed E-state index contributed by atoms with van der Waals surface area (Å²) in [4.78, 5) is 23.5. The molecular formula is C21H26N4O2. The van der Waals surface area contributed by atoms with Gasteiger partial charge in [0.15, 0.2) is 0 Å². The third kappa shape index (κ3) is 3.03. The maximum Gasteiger partial charge on any atom is 0.243 e. The highest BCUT2D eigenvalue weighted by Crippen LogP contribution is 2.46. The molecular weight excluding hydrogens is 340 g/mol. The summed E-state index contributed by atoms with van der Waals surface area (Å²) in [6, 6.07) is 7.76. The van der Waals surface area contributed by atoms with Gasteiger partial charge in [0, 0.05) is 7.05 Å². The number of carbonyl (C=O) groups is 1. The smallest absolute Gasteiger partial charge is 0.243 e. The lowest BCUT2D eigenvalue weighted by Crippen LogP contribution is -2.33. The third-order valence-corrected chi connectivity index (χ3v) is 5.59. The fourth-order valence-corrected chi connectivity index (χ4v) is 4.08. The van der Waals surface area contributed by atoms with Crippen molar-refractivity contribution >= 4 is 23.2 Å². The fraction of sp³-hybridized carbons (Fsp3) is 0.476. The molecule has 142 valence electrons. The number of rotatable bonds is 4.